The number of amides is 1. The molecule has 118 valence electrons. The van der Waals surface area contributed by atoms with Gasteiger partial charge in [-0.3, -0.25) is 20.3 Å². The number of para-hydroxylation sites is 1. The largest absolute Gasteiger partial charge is 0.329 e. The molecule has 0 fully saturated rings. The van der Waals surface area contributed by atoms with Gasteiger partial charge in [0.15, 0.2) is 0 Å². The van der Waals surface area contributed by atoms with Crippen molar-refractivity contribution in [2.75, 3.05) is 13.1 Å². The fourth-order valence-corrected chi connectivity index (χ4v) is 2.42. The van der Waals surface area contributed by atoms with E-state index in [9.17, 15) is 14.9 Å². The smallest absolute Gasteiger partial charge is 0.282 e. The third-order valence-electron chi connectivity index (χ3n) is 3.82. The molecule has 7 nitrogen and oxygen atoms in total. The maximum Gasteiger partial charge on any atom is 0.282 e. The van der Waals surface area contributed by atoms with Crippen molar-refractivity contribution >= 4 is 11.6 Å². The topological polar surface area (TPSA) is 88.7 Å². The predicted octanol–water partition coefficient (Wildman–Crippen LogP) is 0.410. The van der Waals surface area contributed by atoms with Gasteiger partial charge in [0.1, 0.15) is 5.56 Å². The standard InChI is InChI=1S/C15H20N4O3/c1-11(2)18-9-7-12(8-10-18)16-17-15(20)13-5-3-4-6-14(13)19(21)22/h3-7,11,16H,8-10H2,1-2H3,(H,17,20)/p+1. The van der Waals surface area contributed by atoms with Crippen molar-refractivity contribution in [3.05, 3.63) is 51.7 Å². The Morgan fingerprint density at radius 1 is 1.36 bits per heavy atom. The number of nitrogens with one attached hydrogen (secondary N) is 3. The van der Waals surface area contributed by atoms with Crippen LogP contribution in [-0.2, 0) is 0 Å². The van der Waals surface area contributed by atoms with Crippen LogP contribution in [0.5, 0.6) is 0 Å². The number of carbonyl (C=O) groups excluding carboxylic acids is 1. The molecule has 1 amide bonds. The Labute approximate surface area is 129 Å². The second kappa shape index (κ2) is 7.04. The molecular weight excluding hydrogens is 284 g/mol. The number of rotatable bonds is 5. The number of nitro benzene ring substituents is 1. The van der Waals surface area contributed by atoms with Crippen LogP contribution in [0.3, 0.4) is 0 Å². The molecule has 7 heteroatoms. The van der Waals surface area contributed by atoms with Crippen LogP contribution in [0.4, 0.5) is 5.69 Å². The lowest BCUT2D eigenvalue weighted by Gasteiger charge is -2.27. The lowest BCUT2D eigenvalue weighted by molar-refractivity contribution is -0.917. The van der Waals surface area contributed by atoms with Crippen molar-refractivity contribution in [3.8, 4) is 0 Å². The van der Waals surface area contributed by atoms with Crippen LogP contribution >= 0.6 is 0 Å². The van der Waals surface area contributed by atoms with Crippen molar-refractivity contribution < 1.29 is 14.6 Å². The molecule has 1 unspecified atom stereocenters. The molecular formula is C15H21N4O3+. The van der Waals surface area contributed by atoms with Crippen molar-refractivity contribution in [1.82, 2.24) is 10.9 Å². The Balaban J connectivity index is 1.96. The number of benzene rings is 1. The van der Waals surface area contributed by atoms with Crippen molar-refractivity contribution in [2.24, 2.45) is 0 Å². The first-order valence-electron chi connectivity index (χ1n) is 7.32. The van der Waals surface area contributed by atoms with Gasteiger partial charge < -0.3 is 10.3 Å². The molecule has 1 aliphatic rings. The van der Waals surface area contributed by atoms with Gasteiger partial charge in [-0.25, -0.2) is 0 Å². The highest BCUT2D eigenvalue weighted by Gasteiger charge is 2.20. The van der Waals surface area contributed by atoms with Gasteiger partial charge in [0, 0.05) is 18.2 Å². The van der Waals surface area contributed by atoms with Crippen LogP contribution < -0.4 is 15.8 Å². The Hall–Kier alpha value is -2.41. The summed E-state index contributed by atoms with van der Waals surface area (Å²) in [4.78, 5) is 23.9. The van der Waals surface area contributed by atoms with E-state index >= 15 is 0 Å². The van der Waals surface area contributed by atoms with E-state index in [1.165, 1.54) is 23.1 Å². The molecule has 0 saturated heterocycles. The van der Waals surface area contributed by atoms with E-state index in [4.69, 9.17) is 0 Å². The molecule has 3 N–H and O–H groups in total. The SMILES string of the molecule is CC(C)[NH+]1CC=C(NNC(=O)c2ccccc2[N+](=O)[O-])CC1. The first kappa shape index (κ1) is 16.0. The minimum atomic E-state index is -0.557. The Bertz CT molecular complexity index is 598. The van der Waals surface area contributed by atoms with E-state index in [2.05, 4.69) is 30.8 Å². The number of hydrogen-bond acceptors (Lipinski definition) is 4. The van der Waals surface area contributed by atoms with E-state index in [0.717, 1.165) is 25.2 Å². The zero-order chi connectivity index (χ0) is 16.1. The molecule has 0 bridgehead atoms. The Kier molecular flexibility index (Phi) is 5.11. The molecule has 1 aromatic rings. The van der Waals surface area contributed by atoms with E-state index < -0.39 is 10.8 Å². The fraction of sp³-hybridized carbons (Fsp3) is 0.400. The van der Waals surface area contributed by atoms with Gasteiger partial charge in [-0.2, -0.15) is 0 Å². The van der Waals surface area contributed by atoms with Crippen LogP contribution in [0, 0.1) is 10.1 Å². The molecule has 0 aliphatic carbocycles. The molecule has 2 rings (SSSR count). The highest BCUT2D eigenvalue weighted by atomic mass is 16.6. The molecule has 1 aliphatic heterocycles. The number of quaternary nitrogens is 1. The van der Waals surface area contributed by atoms with Gasteiger partial charge in [0.2, 0.25) is 0 Å². The van der Waals surface area contributed by atoms with Gasteiger partial charge in [0.05, 0.1) is 24.1 Å². The number of hydrazine groups is 1. The van der Waals surface area contributed by atoms with E-state index in [1.54, 1.807) is 6.07 Å². The second-order valence-corrected chi connectivity index (χ2v) is 5.60. The second-order valence-electron chi connectivity index (χ2n) is 5.60. The molecule has 0 saturated carbocycles. The van der Waals surface area contributed by atoms with Crippen LogP contribution in [0.2, 0.25) is 0 Å². The average Bonchev–Trinajstić information content (AvgIpc) is 2.53. The lowest BCUT2D eigenvalue weighted by Crippen LogP contribution is -3.15. The minimum Gasteiger partial charge on any atom is -0.329 e. The monoisotopic (exact) mass is 305 g/mol. The summed E-state index contributed by atoms with van der Waals surface area (Å²) < 4.78 is 0. The van der Waals surface area contributed by atoms with Crippen LogP contribution in [-0.4, -0.2) is 30.0 Å². The Morgan fingerprint density at radius 2 is 2.09 bits per heavy atom. The third-order valence-corrected chi connectivity index (χ3v) is 3.82. The average molecular weight is 305 g/mol. The van der Waals surface area contributed by atoms with Gasteiger partial charge in [-0.15, -0.1) is 0 Å². The highest BCUT2D eigenvalue weighted by Crippen LogP contribution is 2.17. The number of carbonyl (C=O) groups is 1. The Morgan fingerprint density at radius 3 is 2.68 bits per heavy atom. The summed E-state index contributed by atoms with van der Waals surface area (Å²) in [6, 6.07) is 6.47. The maximum atomic E-state index is 12.1. The maximum absolute atomic E-state index is 12.1. The van der Waals surface area contributed by atoms with Gasteiger partial charge in [0.25, 0.3) is 11.6 Å². The lowest BCUT2D eigenvalue weighted by atomic mass is 10.1. The molecule has 0 radical (unpaired) electrons. The summed E-state index contributed by atoms with van der Waals surface area (Å²) in [6.07, 6.45) is 2.89. The quantitative estimate of drug-likeness (QED) is 0.543. The van der Waals surface area contributed by atoms with Gasteiger partial charge >= 0.3 is 0 Å². The van der Waals surface area contributed by atoms with Crippen LogP contribution in [0.1, 0.15) is 30.6 Å². The molecule has 1 aromatic carbocycles. The van der Waals surface area contributed by atoms with Crippen molar-refractivity contribution in [1.29, 1.82) is 0 Å². The molecule has 22 heavy (non-hydrogen) atoms. The van der Waals surface area contributed by atoms with E-state index in [-0.39, 0.29) is 11.3 Å². The molecule has 0 spiro atoms. The number of nitrogens with zero attached hydrogens (tertiary/aromatic N) is 1. The third kappa shape index (κ3) is 3.82. The van der Waals surface area contributed by atoms with Crippen molar-refractivity contribution in [2.45, 2.75) is 26.3 Å². The molecule has 1 heterocycles. The summed E-state index contributed by atoms with van der Waals surface area (Å²) >= 11 is 0. The fourth-order valence-electron chi connectivity index (χ4n) is 2.42. The first-order chi connectivity index (χ1) is 10.5. The molecule has 1 atom stereocenters. The van der Waals surface area contributed by atoms with Gasteiger partial charge in [-0.1, -0.05) is 12.1 Å². The number of hydrogen-bond donors (Lipinski definition) is 3. The van der Waals surface area contributed by atoms with Crippen LogP contribution in [0.25, 0.3) is 0 Å². The summed E-state index contributed by atoms with van der Waals surface area (Å²) in [6.45, 7) is 6.26. The minimum absolute atomic E-state index is 0.0471. The van der Waals surface area contributed by atoms with E-state index in [0.29, 0.717) is 6.04 Å². The highest BCUT2D eigenvalue weighted by molar-refractivity contribution is 5.97. The van der Waals surface area contributed by atoms with Crippen LogP contribution in [0.15, 0.2) is 36.0 Å². The summed E-state index contributed by atoms with van der Waals surface area (Å²) in [5, 5.41) is 10.9. The first-order valence-corrected chi connectivity index (χ1v) is 7.32. The molecule has 0 aromatic heterocycles. The summed E-state index contributed by atoms with van der Waals surface area (Å²) in [5.41, 5.74) is 6.20. The zero-order valence-corrected chi connectivity index (χ0v) is 12.8. The zero-order valence-electron chi connectivity index (χ0n) is 12.8. The van der Waals surface area contributed by atoms with E-state index in [1.807, 2.05) is 0 Å². The summed E-state index contributed by atoms with van der Waals surface area (Å²) in [5.74, 6) is -0.508. The number of nitro groups is 1. The summed E-state index contributed by atoms with van der Waals surface area (Å²) in [7, 11) is 0. The normalized spacial score (nSPS) is 17.8. The van der Waals surface area contributed by atoms with Crippen molar-refractivity contribution in [3.63, 3.8) is 0 Å². The van der Waals surface area contributed by atoms with Gasteiger partial charge in [-0.05, 0) is 26.0 Å². The predicted molar refractivity (Wildman–Crippen MR) is 82.2 cm³/mol.